The summed E-state index contributed by atoms with van der Waals surface area (Å²) in [5, 5.41) is 0. The van der Waals surface area contributed by atoms with Crippen LogP contribution in [0.4, 0.5) is 0 Å². The predicted octanol–water partition coefficient (Wildman–Crippen LogP) is 8.51. The fourth-order valence-corrected chi connectivity index (χ4v) is 5.35. The van der Waals surface area contributed by atoms with Crippen molar-refractivity contribution in [2.45, 2.75) is 82.4 Å². The molecule has 0 atom stereocenters. The van der Waals surface area contributed by atoms with Crippen molar-refractivity contribution in [2.75, 3.05) is 6.61 Å². The fraction of sp³-hybridized carbons (Fsp3) is 0.419. The van der Waals surface area contributed by atoms with Crippen LogP contribution in [0, 0.1) is 6.92 Å². The van der Waals surface area contributed by atoms with Gasteiger partial charge in [0.1, 0.15) is 0 Å². The van der Waals surface area contributed by atoms with Gasteiger partial charge in [-0.3, -0.25) is 4.18 Å². The maximum absolute atomic E-state index is 12.2. The lowest BCUT2D eigenvalue weighted by Crippen LogP contribution is -2.07. The van der Waals surface area contributed by atoms with E-state index >= 15 is 0 Å². The second kappa shape index (κ2) is 14.9. The van der Waals surface area contributed by atoms with Gasteiger partial charge < -0.3 is 0 Å². The third-order valence-electron chi connectivity index (χ3n) is 6.49. The van der Waals surface area contributed by atoms with Crippen LogP contribution >= 0.6 is 0 Å². The van der Waals surface area contributed by atoms with Gasteiger partial charge in [-0.25, -0.2) is 0 Å². The number of unbranched alkanes of at least 4 members (excludes halogenated alkanes) is 9. The third-order valence-corrected chi connectivity index (χ3v) is 7.82. The summed E-state index contributed by atoms with van der Waals surface area (Å²) in [6.07, 6.45) is 13.0. The van der Waals surface area contributed by atoms with Gasteiger partial charge >= 0.3 is 0 Å². The zero-order valence-corrected chi connectivity index (χ0v) is 21.9. The van der Waals surface area contributed by atoms with Crippen molar-refractivity contribution >= 4 is 10.1 Å². The Hall–Kier alpha value is -2.43. The Morgan fingerprint density at radius 3 is 1.80 bits per heavy atom. The lowest BCUT2D eigenvalue weighted by Gasteiger charge is -2.10. The molecule has 0 saturated carbocycles. The number of rotatable bonds is 16. The van der Waals surface area contributed by atoms with Gasteiger partial charge in [-0.1, -0.05) is 124 Å². The molecule has 3 aromatic carbocycles. The zero-order chi connectivity index (χ0) is 24.8. The highest BCUT2D eigenvalue weighted by molar-refractivity contribution is 7.86. The minimum absolute atomic E-state index is 0.239. The van der Waals surface area contributed by atoms with Gasteiger partial charge in [0.25, 0.3) is 10.1 Å². The highest BCUT2D eigenvalue weighted by atomic mass is 32.2. The Morgan fingerprint density at radius 2 is 1.14 bits per heavy atom. The van der Waals surface area contributed by atoms with Crippen molar-refractivity contribution in [3.8, 4) is 11.1 Å². The molecule has 0 spiro atoms. The smallest absolute Gasteiger partial charge is 0.266 e. The molecule has 0 bridgehead atoms. The standard InChI is InChI=1S/C31H40O3S/c1-27-22-24-30(25-23-27)35(32,33)34-26-16-9-7-5-3-2-4-6-8-11-17-29-20-14-15-21-31(29)28-18-12-10-13-19-28/h10,12-15,18-25H,2-9,11,16-17,26H2,1H3. The Kier molecular flexibility index (Phi) is 11.5. The first kappa shape index (κ1) is 27.2. The first-order chi connectivity index (χ1) is 17.1. The van der Waals surface area contributed by atoms with E-state index in [1.807, 2.05) is 6.92 Å². The number of hydrogen-bond donors (Lipinski definition) is 0. The SMILES string of the molecule is Cc1ccc(S(=O)(=O)OCCCCCCCCCCCCc2ccccc2-c2ccccc2)cc1. The van der Waals surface area contributed by atoms with Crippen molar-refractivity contribution in [3.05, 3.63) is 90.0 Å². The van der Waals surface area contributed by atoms with Gasteiger partial charge in [-0.2, -0.15) is 8.42 Å². The quantitative estimate of drug-likeness (QED) is 0.149. The van der Waals surface area contributed by atoms with Crippen LogP contribution in [0.5, 0.6) is 0 Å². The molecule has 0 heterocycles. The van der Waals surface area contributed by atoms with Gasteiger partial charge in [0.2, 0.25) is 0 Å². The first-order valence-corrected chi connectivity index (χ1v) is 14.6. The van der Waals surface area contributed by atoms with Crippen molar-refractivity contribution in [1.29, 1.82) is 0 Å². The molecule has 3 nitrogen and oxygen atoms in total. The Labute approximate surface area is 212 Å². The Balaban J connectivity index is 1.18. The van der Waals surface area contributed by atoms with Crippen LogP contribution in [0.1, 0.15) is 75.3 Å². The van der Waals surface area contributed by atoms with E-state index in [2.05, 4.69) is 54.6 Å². The minimum Gasteiger partial charge on any atom is -0.266 e. The topological polar surface area (TPSA) is 43.4 Å². The number of hydrogen-bond acceptors (Lipinski definition) is 3. The van der Waals surface area contributed by atoms with E-state index in [4.69, 9.17) is 4.18 Å². The Bertz CT molecular complexity index is 1090. The molecular weight excluding hydrogens is 452 g/mol. The second-order valence-corrected chi connectivity index (χ2v) is 11.0. The van der Waals surface area contributed by atoms with Crippen molar-refractivity contribution in [3.63, 3.8) is 0 Å². The van der Waals surface area contributed by atoms with E-state index in [-0.39, 0.29) is 11.5 Å². The molecular formula is C31H40O3S. The molecule has 0 aliphatic rings. The Morgan fingerprint density at radius 1 is 0.600 bits per heavy atom. The fourth-order valence-electron chi connectivity index (χ4n) is 4.41. The van der Waals surface area contributed by atoms with Crippen LogP contribution in [0.15, 0.2) is 83.8 Å². The van der Waals surface area contributed by atoms with Gasteiger partial charge in [0, 0.05) is 0 Å². The van der Waals surface area contributed by atoms with E-state index < -0.39 is 10.1 Å². The first-order valence-electron chi connectivity index (χ1n) is 13.2. The molecule has 0 fully saturated rings. The maximum Gasteiger partial charge on any atom is 0.296 e. The molecule has 3 aromatic rings. The summed E-state index contributed by atoms with van der Waals surface area (Å²) in [4.78, 5) is 0.239. The molecule has 0 amide bonds. The molecule has 0 radical (unpaired) electrons. The average molecular weight is 493 g/mol. The molecule has 0 unspecified atom stereocenters. The van der Waals surface area contributed by atoms with E-state index in [1.54, 1.807) is 24.3 Å². The summed E-state index contributed by atoms with van der Waals surface area (Å²) in [5.74, 6) is 0. The van der Waals surface area contributed by atoms with Crippen LogP contribution < -0.4 is 0 Å². The van der Waals surface area contributed by atoms with Gasteiger partial charge in [-0.05, 0) is 55.0 Å². The van der Waals surface area contributed by atoms with Gasteiger partial charge in [0.05, 0.1) is 11.5 Å². The average Bonchev–Trinajstić information content (AvgIpc) is 2.88. The monoisotopic (exact) mass is 492 g/mol. The van der Waals surface area contributed by atoms with Crippen LogP contribution in [0.25, 0.3) is 11.1 Å². The summed E-state index contributed by atoms with van der Waals surface area (Å²) < 4.78 is 29.5. The van der Waals surface area contributed by atoms with Crippen LogP contribution in [0.3, 0.4) is 0 Å². The van der Waals surface area contributed by atoms with E-state index in [0.29, 0.717) is 0 Å². The van der Waals surface area contributed by atoms with Gasteiger partial charge in [-0.15, -0.1) is 0 Å². The van der Waals surface area contributed by atoms with Crippen LogP contribution in [0.2, 0.25) is 0 Å². The summed E-state index contributed by atoms with van der Waals surface area (Å²) in [7, 11) is -3.62. The molecule has 0 aliphatic carbocycles. The largest absolute Gasteiger partial charge is 0.296 e. The van der Waals surface area contributed by atoms with E-state index in [1.165, 1.54) is 61.6 Å². The summed E-state index contributed by atoms with van der Waals surface area (Å²) in [6.45, 7) is 2.20. The number of aryl methyl sites for hydroxylation is 2. The second-order valence-electron chi connectivity index (χ2n) is 9.40. The number of benzene rings is 3. The lowest BCUT2D eigenvalue weighted by atomic mass is 9.95. The molecule has 0 saturated heterocycles. The van der Waals surface area contributed by atoms with Gasteiger partial charge in [0.15, 0.2) is 0 Å². The normalized spacial score (nSPS) is 11.6. The maximum atomic E-state index is 12.2. The van der Waals surface area contributed by atoms with Crippen LogP contribution in [-0.4, -0.2) is 15.0 Å². The molecule has 4 heteroatoms. The molecule has 0 aliphatic heterocycles. The molecule has 0 aromatic heterocycles. The van der Waals surface area contributed by atoms with Crippen molar-refractivity contribution in [2.24, 2.45) is 0 Å². The van der Waals surface area contributed by atoms with E-state index in [0.717, 1.165) is 31.2 Å². The van der Waals surface area contributed by atoms with Crippen molar-refractivity contribution < 1.29 is 12.6 Å². The lowest BCUT2D eigenvalue weighted by molar-refractivity contribution is 0.306. The zero-order valence-electron chi connectivity index (χ0n) is 21.1. The van der Waals surface area contributed by atoms with Crippen molar-refractivity contribution in [1.82, 2.24) is 0 Å². The predicted molar refractivity (Wildman–Crippen MR) is 146 cm³/mol. The minimum atomic E-state index is -3.62. The highest BCUT2D eigenvalue weighted by Crippen LogP contribution is 2.25. The summed E-state index contributed by atoms with van der Waals surface area (Å²) in [5.41, 5.74) is 5.16. The summed E-state index contributed by atoms with van der Waals surface area (Å²) in [6, 6.07) is 26.3. The van der Waals surface area contributed by atoms with Crippen LogP contribution in [-0.2, 0) is 20.7 Å². The van der Waals surface area contributed by atoms with E-state index in [9.17, 15) is 8.42 Å². The molecule has 3 rings (SSSR count). The molecule has 0 N–H and O–H groups in total. The third kappa shape index (κ3) is 9.62. The molecule has 35 heavy (non-hydrogen) atoms. The molecule has 188 valence electrons. The summed E-state index contributed by atoms with van der Waals surface area (Å²) >= 11 is 0. The highest BCUT2D eigenvalue weighted by Gasteiger charge is 2.14.